The maximum absolute atomic E-state index is 2.41. The molecule has 0 N–H and O–H groups in total. The largest absolute Gasteiger partial charge is 0.309 e. The molecule has 3 aromatic heterocycles. The van der Waals surface area contributed by atoms with Gasteiger partial charge in [0.15, 0.2) is 0 Å². The molecule has 294 valence electrons. The van der Waals surface area contributed by atoms with Crippen LogP contribution in [0.1, 0.15) is 0 Å². The maximum atomic E-state index is 2.41. The van der Waals surface area contributed by atoms with Crippen molar-refractivity contribution in [1.82, 2.24) is 13.7 Å². The van der Waals surface area contributed by atoms with Gasteiger partial charge >= 0.3 is 0 Å². The van der Waals surface area contributed by atoms with Gasteiger partial charge in [-0.1, -0.05) is 140 Å². The molecule has 13 rings (SSSR count). The lowest BCUT2D eigenvalue weighted by molar-refractivity contribution is 1.18. The fraction of sp³-hybridized carbons (Fsp3) is 0. The van der Waals surface area contributed by atoms with Crippen LogP contribution in [0.4, 0.5) is 0 Å². The predicted octanol–water partition coefficient (Wildman–Crippen LogP) is 16.0. The lowest BCUT2D eigenvalue weighted by Crippen LogP contribution is -1.94. The number of para-hydroxylation sites is 4. The van der Waals surface area contributed by atoms with Crippen molar-refractivity contribution in [2.75, 3.05) is 0 Å². The zero-order chi connectivity index (χ0) is 41.4. The van der Waals surface area contributed by atoms with Crippen molar-refractivity contribution in [1.29, 1.82) is 0 Å². The van der Waals surface area contributed by atoms with Crippen LogP contribution in [0.3, 0.4) is 0 Å². The van der Waals surface area contributed by atoms with E-state index in [1.807, 2.05) is 0 Å². The first kappa shape index (κ1) is 35.4. The third-order valence-corrected chi connectivity index (χ3v) is 13.0. The minimum Gasteiger partial charge on any atom is -0.309 e. The molecule has 0 aliphatic rings. The van der Waals surface area contributed by atoms with Crippen LogP contribution < -0.4 is 0 Å². The maximum Gasteiger partial charge on any atom is 0.0541 e. The highest BCUT2D eigenvalue weighted by atomic mass is 15.0. The first-order valence-corrected chi connectivity index (χ1v) is 21.7. The first-order valence-electron chi connectivity index (χ1n) is 21.7. The molecule has 3 heteroatoms. The van der Waals surface area contributed by atoms with Gasteiger partial charge in [0.1, 0.15) is 0 Å². The van der Waals surface area contributed by atoms with E-state index in [-0.39, 0.29) is 0 Å². The molecule has 0 aliphatic heterocycles. The highest BCUT2D eigenvalue weighted by Gasteiger charge is 2.18. The summed E-state index contributed by atoms with van der Waals surface area (Å²) in [5, 5.41) is 7.46. The average Bonchev–Trinajstić information content (AvgIpc) is 3.99. The summed E-state index contributed by atoms with van der Waals surface area (Å²) in [5.41, 5.74) is 17.9. The van der Waals surface area contributed by atoms with Crippen LogP contribution in [0.5, 0.6) is 0 Å². The molecule has 0 saturated carbocycles. The van der Waals surface area contributed by atoms with E-state index in [1.165, 1.54) is 104 Å². The van der Waals surface area contributed by atoms with Gasteiger partial charge in [-0.05, 0) is 130 Å². The summed E-state index contributed by atoms with van der Waals surface area (Å²) >= 11 is 0. The number of benzene rings is 10. The van der Waals surface area contributed by atoms with Gasteiger partial charge < -0.3 is 13.7 Å². The minimum atomic E-state index is 1.15. The smallest absolute Gasteiger partial charge is 0.0541 e. The monoisotopic (exact) mass is 801 g/mol. The molecule has 0 amide bonds. The molecule has 63 heavy (non-hydrogen) atoms. The normalized spacial score (nSPS) is 11.8. The molecule has 0 radical (unpaired) electrons. The number of rotatable bonds is 6. The standard InChI is InChI=1S/C60H39N3/c1-4-14-40(15-5-1)41-24-30-48(31-25-41)63-56-23-13-11-21-50(56)52-37-43(27-33-58(52)63)45-29-35-60-54(39-45)53-38-44(28-34-59(53)62(60)47-18-8-3-9-19-47)42-26-32-57-51(36-42)49-20-10-12-22-55(49)61(57)46-16-6-2-7-17-46/h1-39H. The Morgan fingerprint density at radius 1 is 0.175 bits per heavy atom. The number of hydrogen-bond donors (Lipinski definition) is 0. The molecule has 0 saturated heterocycles. The Morgan fingerprint density at radius 3 is 0.841 bits per heavy atom. The molecule has 13 aromatic rings. The van der Waals surface area contributed by atoms with Crippen LogP contribution >= 0.6 is 0 Å². The van der Waals surface area contributed by atoms with Gasteiger partial charge in [-0.15, -0.1) is 0 Å². The molecule has 3 nitrogen and oxygen atoms in total. The summed E-state index contributed by atoms with van der Waals surface area (Å²) in [4.78, 5) is 0. The Hall–Kier alpha value is -8.40. The van der Waals surface area contributed by atoms with Crippen LogP contribution in [-0.2, 0) is 0 Å². The van der Waals surface area contributed by atoms with Gasteiger partial charge in [-0.3, -0.25) is 0 Å². The Kier molecular flexibility index (Phi) is 7.91. The summed E-state index contributed by atoms with van der Waals surface area (Å²) in [6.07, 6.45) is 0. The molecular weight excluding hydrogens is 763 g/mol. The topological polar surface area (TPSA) is 14.8 Å². The SMILES string of the molecule is c1ccc(-c2ccc(-n3c4ccccc4c4cc(-c5ccc6c(c5)c5cc(-c7ccc8c(c7)c7ccccc7n8-c7ccccc7)ccc5n6-c5ccccc5)ccc43)cc2)cc1. The van der Waals surface area contributed by atoms with Crippen molar-refractivity contribution < 1.29 is 0 Å². The Balaban J connectivity index is 0.963. The average molecular weight is 802 g/mol. The Bertz CT molecular complexity index is 3870. The van der Waals surface area contributed by atoms with E-state index in [0.29, 0.717) is 0 Å². The third-order valence-electron chi connectivity index (χ3n) is 13.0. The molecule has 0 fully saturated rings. The van der Waals surface area contributed by atoms with Crippen LogP contribution in [-0.4, -0.2) is 13.7 Å². The Labute approximate surface area is 364 Å². The van der Waals surface area contributed by atoms with Crippen molar-refractivity contribution in [3.05, 3.63) is 237 Å². The number of aromatic nitrogens is 3. The second kappa shape index (κ2) is 14.1. The molecule has 0 bridgehead atoms. The lowest BCUT2D eigenvalue weighted by Gasteiger charge is -2.10. The van der Waals surface area contributed by atoms with Gasteiger partial charge in [-0.2, -0.15) is 0 Å². The van der Waals surface area contributed by atoms with Gasteiger partial charge in [0.05, 0.1) is 33.1 Å². The summed E-state index contributed by atoms with van der Waals surface area (Å²) < 4.78 is 7.19. The van der Waals surface area contributed by atoms with E-state index in [2.05, 4.69) is 250 Å². The highest BCUT2D eigenvalue weighted by Crippen LogP contribution is 2.41. The zero-order valence-electron chi connectivity index (χ0n) is 34.4. The summed E-state index contributed by atoms with van der Waals surface area (Å²) in [5.74, 6) is 0. The summed E-state index contributed by atoms with van der Waals surface area (Å²) in [6, 6.07) is 86.4. The van der Waals surface area contributed by atoms with E-state index in [0.717, 1.165) is 11.4 Å². The second-order valence-corrected chi connectivity index (χ2v) is 16.6. The molecule has 0 aliphatic carbocycles. The van der Waals surface area contributed by atoms with Gasteiger partial charge in [0.2, 0.25) is 0 Å². The molecule has 3 heterocycles. The van der Waals surface area contributed by atoms with E-state index in [4.69, 9.17) is 0 Å². The van der Waals surface area contributed by atoms with E-state index in [9.17, 15) is 0 Å². The fourth-order valence-electron chi connectivity index (χ4n) is 10.1. The summed E-state index contributed by atoms with van der Waals surface area (Å²) in [7, 11) is 0. The molecule has 0 spiro atoms. The molecule has 0 atom stereocenters. The highest BCUT2D eigenvalue weighted by molar-refractivity contribution is 6.14. The molecular formula is C60H39N3. The number of hydrogen-bond acceptors (Lipinski definition) is 0. The van der Waals surface area contributed by atoms with E-state index < -0.39 is 0 Å². The molecule has 10 aromatic carbocycles. The minimum absolute atomic E-state index is 1.15. The van der Waals surface area contributed by atoms with Crippen LogP contribution in [0.25, 0.3) is 116 Å². The van der Waals surface area contributed by atoms with Crippen molar-refractivity contribution in [2.45, 2.75) is 0 Å². The second-order valence-electron chi connectivity index (χ2n) is 16.6. The first-order chi connectivity index (χ1) is 31.2. The number of fused-ring (bicyclic) bond motifs is 9. The van der Waals surface area contributed by atoms with Crippen molar-refractivity contribution in [2.24, 2.45) is 0 Å². The van der Waals surface area contributed by atoms with Crippen molar-refractivity contribution >= 4 is 65.4 Å². The molecule has 0 unspecified atom stereocenters. The van der Waals surface area contributed by atoms with Crippen molar-refractivity contribution in [3.8, 4) is 50.4 Å². The lowest BCUT2D eigenvalue weighted by atomic mass is 9.98. The van der Waals surface area contributed by atoms with Gasteiger partial charge in [0.25, 0.3) is 0 Å². The fourth-order valence-corrected chi connectivity index (χ4v) is 10.1. The van der Waals surface area contributed by atoms with E-state index in [1.54, 1.807) is 0 Å². The van der Waals surface area contributed by atoms with Crippen LogP contribution in [0.2, 0.25) is 0 Å². The van der Waals surface area contributed by atoms with Crippen molar-refractivity contribution in [3.63, 3.8) is 0 Å². The number of nitrogens with zero attached hydrogens (tertiary/aromatic N) is 3. The van der Waals surface area contributed by atoms with Gasteiger partial charge in [0, 0.05) is 49.4 Å². The quantitative estimate of drug-likeness (QED) is 0.159. The predicted molar refractivity (Wildman–Crippen MR) is 266 cm³/mol. The van der Waals surface area contributed by atoms with Gasteiger partial charge in [-0.25, -0.2) is 0 Å². The zero-order valence-corrected chi connectivity index (χ0v) is 34.4. The van der Waals surface area contributed by atoms with Crippen LogP contribution in [0.15, 0.2) is 237 Å². The van der Waals surface area contributed by atoms with Crippen LogP contribution in [0, 0.1) is 0 Å². The third kappa shape index (κ3) is 5.60. The van der Waals surface area contributed by atoms with E-state index >= 15 is 0 Å². The summed E-state index contributed by atoms with van der Waals surface area (Å²) in [6.45, 7) is 0. The Morgan fingerprint density at radius 2 is 0.444 bits per heavy atom.